The van der Waals surface area contributed by atoms with Crippen LogP contribution in [0.1, 0.15) is 12.6 Å². The van der Waals surface area contributed by atoms with E-state index in [1.807, 2.05) is 11.3 Å². The van der Waals surface area contributed by atoms with Crippen molar-refractivity contribution in [3.05, 3.63) is 23.2 Å². The summed E-state index contributed by atoms with van der Waals surface area (Å²) in [6, 6.07) is 4.44. The minimum Gasteiger partial charge on any atom is -0.344 e. The Balaban J connectivity index is 2.80. The second kappa shape index (κ2) is 2.38. The van der Waals surface area contributed by atoms with Crippen molar-refractivity contribution in [2.24, 2.45) is 0 Å². The maximum Gasteiger partial charge on any atom is 0.0591 e. The normalized spacial score (nSPS) is 11.1. The van der Waals surface area contributed by atoms with Crippen LogP contribution in [0.4, 0.5) is 0 Å². The molecule has 0 aromatic carbocycles. The van der Waals surface area contributed by atoms with Crippen molar-refractivity contribution in [1.82, 2.24) is 4.57 Å². The standard InChI is InChI=1S/C9H11NS/c1-3-10-7(2)6-9-8(10)4-5-11-9/h4-6H,3H2,1-2H3. The number of nitrogens with zero attached hydrogens (tertiary/aromatic N) is 1. The first-order chi connectivity index (χ1) is 5.33. The third kappa shape index (κ3) is 0.897. The number of hydrogen-bond acceptors (Lipinski definition) is 1. The Bertz CT molecular complexity index is 370. The zero-order valence-corrected chi connectivity index (χ0v) is 7.61. The van der Waals surface area contributed by atoms with E-state index < -0.39 is 0 Å². The summed E-state index contributed by atoms with van der Waals surface area (Å²) in [4.78, 5) is 0. The Labute approximate surface area is 70.3 Å². The second-order valence-electron chi connectivity index (χ2n) is 2.70. The Hall–Kier alpha value is -0.760. The maximum absolute atomic E-state index is 2.34. The fourth-order valence-electron chi connectivity index (χ4n) is 1.52. The van der Waals surface area contributed by atoms with E-state index in [9.17, 15) is 0 Å². The Kier molecular flexibility index (Phi) is 1.50. The van der Waals surface area contributed by atoms with Crippen LogP contribution in [0.2, 0.25) is 0 Å². The van der Waals surface area contributed by atoms with Gasteiger partial charge in [-0.2, -0.15) is 0 Å². The smallest absolute Gasteiger partial charge is 0.0591 e. The van der Waals surface area contributed by atoms with E-state index in [0.717, 1.165) is 6.54 Å². The summed E-state index contributed by atoms with van der Waals surface area (Å²) in [6.45, 7) is 5.42. The van der Waals surface area contributed by atoms with Gasteiger partial charge in [0.25, 0.3) is 0 Å². The molecule has 0 aliphatic heterocycles. The van der Waals surface area contributed by atoms with Gasteiger partial charge in [0.05, 0.1) is 10.2 Å². The highest BCUT2D eigenvalue weighted by Gasteiger charge is 2.03. The highest BCUT2D eigenvalue weighted by atomic mass is 32.1. The lowest BCUT2D eigenvalue weighted by Crippen LogP contribution is -1.94. The molecule has 1 nitrogen and oxygen atoms in total. The SMILES string of the molecule is CCn1c(C)cc2sccc21. The fraction of sp³-hybridized carbons (Fsp3) is 0.333. The molecule has 2 aromatic heterocycles. The molecule has 2 heteroatoms. The highest BCUT2D eigenvalue weighted by Crippen LogP contribution is 2.24. The van der Waals surface area contributed by atoms with Gasteiger partial charge in [0.1, 0.15) is 0 Å². The van der Waals surface area contributed by atoms with Gasteiger partial charge in [0.15, 0.2) is 0 Å². The average molecular weight is 165 g/mol. The van der Waals surface area contributed by atoms with Crippen LogP contribution in [0, 0.1) is 6.92 Å². The van der Waals surface area contributed by atoms with E-state index >= 15 is 0 Å². The zero-order chi connectivity index (χ0) is 7.84. The molecule has 0 fully saturated rings. The molecule has 0 bridgehead atoms. The molecule has 0 amide bonds. The van der Waals surface area contributed by atoms with E-state index in [0.29, 0.717) is 0 Å². The van der Waals surface area contributed by atoms with Crippen LogP contribution in [0.25, 0.3) is 10.2 Å². The minimum atomic E-state index is 1.08. The Morgan fingerprint density at radius 3 is 3.09 bits per heavy atom. The third-order valence-corrected chi connectivity index (χ3v) is 2.90. The molecule has 0 saturated heterocycles. The van der Waals surface area contributed by atoms with Crippen molar-refractivity contribution in [2.75, 3.05) is 0 Å². The summed E-state index contributed by atoms with van der Waals surface area (Å²) in [5, 5.41) is 2.15. The molecular formula is C9H11NS. The molecule has 0 atom stereocenters. The Morgan fingerprint density at radius 2 is 2.36 bits per heavy atom. The van der Waals surface area contributed by atoms with Crippen LogP contribution < -0.4 is 0 Å². The molecule has 0 spiro atoms. The first kappa shape index (κ1) is 6.92. The van der Waals surface area contributed by atoms with Gasteiger partial charge < -0.3 is 4.57 Å². The van der Waals surface area contributed by atoms with Gasteiger partial charge in [-0.05, 0) is 31.4 Å². The molecule has 0 aliphatic carbocycles. The Morgan fingerprint density at radius 1 is 1.55 bits per heavy atom. The molecule has 2 heterocycles. The van der Waals surface area contributed by atoms with Crippen molar-refractivity contribution in [3.8, 4) is 0 Å². The summed E-state index contributed by atoms with van der Waals surface area (Å²) < 4.78 is 3.75. The van der Waals surface area contributed by atoms with Crippen molar-refractivity contribution < 1.29 is 0 Å². The number of thiophene rings is 1. The summed E-state index contributed by atoms with van der Waals surface area (Å²) >= 11 is 1.82. The van der Waals surface area contributed by atoms with Crippen LogP contribution in [0.5, 0.6) is 0 Å². The zero-order valence-electron chi connectivity index (χ0n) is 6.79. The molecule has 2 rings (SSSR count). The van der Waals surface area contributed by atoms with Crippen molar-refractivity contribution in [2.45, 2.75) is 20.4 Å². The average Bonchev–Trinajstić information content (AvgIpc) is 2.46. The van der Waals surface area contributed by atoms with Gasteiger partial charge in [-0.25, -0.2) is 0 Å². The second-order valence-corrected chi connectivity index (χ2v) is 3.65. The van der Waals surface area contributed by atoms with Crippen LogP contribution >= 0.6 is 11.3 Å². The topological polar surface area (TPSA) is 4.93 Å². The number of hydrogen-bond donors (Lipinski definition) is 0. The highest BCUT2D eigenvalue weighted by molar-refractivity contribution is 7.17. The minimum absolute atomic E-state index is 1.08. The van der Waals surface area contributed by atoms with Gasteiger partial charge >= 0.3 is 0 Å². The van der Waals surface area contributed by atoms with Gasteiger partial charge in [0, 0.05) is 12.2 Å². The monoisotopic (exact) mass is 165 g/mol. The molecule has 11 heavy (non-hydrogen) atoms. The van der Waals surface area contributed by atoms with Gasteiger partial charge in [0.2, 0.25) is 0 Å². The van der Waals surface area contributed by atoms with Gasteiger partial charge in [-0.15, -0.1) is 11.3 Å². The predicted octanol–water partition coefficient (Wildman–Crippen LogP) is 3.03. The lowest BCUT2D eigenvalue weighted by atomic mass is 10.5. The molecule has 0 aliphatic rings. The van der Waals surface area contributed by atoms with E-state index in [-0.39, 0.29) is 0 Å². The van der Waals surface area contributed by atoms with Crippen LogP contribution in [-0.4, -0.2) is 4.57 Å². The summed E-state index contributed by atoms with van der Waals surface area (Å²) in [5.74, 6) is 0. The van der Waals surface area contributed by atoms with E-state index in [4.69, 9.17) is 0 Å². The quantitative estimate of drug-likeness (QED) is 0.612. The lowest BCUT2D eigenvalue weighted by molar-refractivity contribution is 0.770. The van der Waals surface area contributed by atoms with Gasteiger partial charge in [-0.3, -0.25) is 0 Å². The van der Waals surface area contributed by atoms with E-state index in [1.165, 1.54) is 15.9 Å². The van der Waals surface area contributed by atoms with Crippen LogP contribution in [-0.2, 0) is 6.54 Å². The molecular weight excluding hydrogens is 154 g/mol. The molecule has 0 radical (unpaired) electrons. The first-order valence-electron chi connectivity index (χ1n) is 3.86. The largest absolute Gasteiger partial charge is 0.344 e. The molecule has 0 saturated carbocycles. The number of aromatic nitrogens is 1. The van der Waals surface area contributed by atoms with E-state index in [2.05, 4.69) is 35.9 Å². The fourth-order valence-corrected chi connectivity index (χ4v) is 2.40. The van der Waals surface area contributed by atoms with Crippen molar-refractivity contribution in [3.63, 3.8) is 0 Å². The molecule has 0 N–H and O–H groups in total. The lowest BCUT2D eigenvalue weighted by Gasteiger charge is -2.00. The molecule has 58 valence electrons. The molecule has 2 aromatic rings. The summed E-state index contributed by atoms with van der Waals surface area (Å²) in [5.41, 5.74) is 2.75. The predicted molar refractivity (Wildman–Crippen MR) is 50.2 cm³/mol. The van der Waals surface area contributed by atoms with Crippen molar-refractivity contribution in [1.29, 1.82) is 0 Å². The maximum atomic E-state index is 2.34. The van der Waals surface area contributed by atoms with E-state index in [1.54, 1.807) is 0 Å². The number of fused-ring (bicyclic) bond motifs is 1. The van der Waals surface area contributed by atoms with Crippen LogP contribution in [0.15, 0.2) is 17.5 Å². The number of aryl methyl sites for hydroxylation is 2. The third-order valence-electron chi connectivity index (χ3n) is 2.05. The summed E-state index contributed by atoms with van der Waals surface area (Å²) in [7, 11) is 0. The van der Waals surface area contributed by atoms with Gasteiger partial charge in [-0.1, -0.05) is 0 Å². The first-order valence-corrected chi connectivity index (χ1v) is 4.74. The summed E-state index contributed by atoms with van der Waals surface area (Å²) in [6.07, 6.45) is 0. The van der Waals surface area contributed by atoms with Crippen molar-refractivity contribution >= 4 is 21.6 Å². The molecule has 0 unspecified atom stereocenters. The van der Waals surface area contributed by atoms with Crippen LogP contribution in [0.3, 0.4) is 0 Å². The number of rotatable bonds is 1.